The quantitative estimate of drug-likeness (QED) is 0.260. The molecule has 0 aliphatic carbocycles. The Bertz CT molecular complexity index is 1520. The van der Waals surface area contributed by atoms with Crippen LogP contribution >= 0.6 is 7.14 Å². The van der Waals surface area contributed by atoms with Gasteiger partial charge in [-0.3, -0.25) is 4.79 Å². The Morgan fingerprint density at radius 2 is 1.90 bits per heavy atom. The van der Waals surface area contributed by atoms with Crippen LogP contribution in [0.1, 0.15) is 48.5 Å². The van der Waals surface area contributed by atoms with Gasteiger partial charge in [-0.25, -0.2) is 0 Å². The van der Waals surface area contributed by atoms with Crippen LogP contribution in [0.15, 0.2) is 60.8 Å². The maximum Gasteiger partial charge on any atom is 0.255 e. The molecule has 1 aliphatic rings. The van der Waals surface area contributed by atoms with E-state index < -0.39 is 7.14 Å². The molecule has 1 atom stereocenters. The summed E-state index contributed by atoms with van der Waals surface area (Å²) >= 11 is 0. The van der Waals surface area contributed by atoms with E-state index in [9.17, 15) is 9.36 Å². The lowest BCUT2D eigenvalue weighted by Crippen LogP contribution is -2.37. The van der Waals surface area contributed by atoms with Gasteiger partial charge in [0.1, 0.15) is 19.1 Å². The van der Waals surface area contributed by atoms with E-state index in [1.807, 2.05) is 36.5 Å². The smallest absolute Gasteiger partial charge is 0.255 e. The summed E-state index contributed by atoms with van der Waals surface area (Å²) in [4.78, 5) is 17.7. The Morgan fingerprint density at radius 3 is 2.59 bits per heavy atom. The van der Waals surface area contributed by atoms with E-state index in [2.05, 4.69) is 34.9 Å². The van der Waals surface area contributed by atoms with Crippen molar-refractivity contribution in [1.29, 1.82) is 0 Å². The lowest BCUT2D eigenvalue weighted by atomic mass is 10.1. The van der Waals surface area contributed by atoms with Crippen molar-refractivity contribution in [3.05, 3.63) is 71.9 Å². The highest BCUT2D eigenvalue weighted by atomic mass is 31.2. The molecule has 1 aliphatic heterocycles. The molecule has 1 saturated heterocycles. The third-order valence-electron chi connectivity index (χ3n) is 6.78. The van der Waals surface area contributed by atoms with Crippen LogP contribution in [0.2, 0.25) is 0 Å². The largest absolute Gasteiger partial charge is 0.473 e. The van der Waals surface area contributed by atoms with Crippen molar-refractivity contribution in [3.63, 3.8) is 0 Å². The molecule has 5 rings (SSSR count). The standard InChI is InChI=1S/C29H35N6O3P/c1-19(2)25-18-31-35-26(16-27(34-28(25)35)38-23-9-6-14-30-17-23)32-21-7-5-8-22(15-21)33-29(36)20-10-12-24(13-11-20)39(3,4)37/h5,7-8,10-13,15-16,18-19,23,30,32H,6,9,14,17H2,1-4H3,(H,33,36)/t23-/m0/s1. The number of carbonyl (C=O) groups excluding carboxylic acids is 1. The van der Waals surface area contributed by atoms with Gasteiger partial charge in [0.15, 0.2) is 5.65 Å². The van der Waals surface area contributed by atoms with Crippen LogP contribution in [0.5, 0.6) is 5.88 Å². The van der Waals surface area contributed by atoms with Gasteiger partial charge in [0.05, 0.1) is 6.20 Å². The van der Waals surface area contributed by atoms with E-state index in [0.29, 0.717) is 22.9 Å². The zero-order valence-electron chi connectivity index (χ0n) is 22.8. The number of hydrogen-bond acceptors (Lipinski definition) is 7. The highest BCUT2D eigenvalue weighted by Crippen LogP contribution is 2.34. The molecular weight excluding hydrogens is 511 g/mol. The zero-order chi connectivity index (χ0) is 27.6. The van der Waals surface area contributed by atoms with Gasteiger partial charge in [0.2, 0.25) is 5.88 Å². The second-order valence-corrected chi connectivity index (χ2v) is 13.8. The molecule has 204 valence electrons. The maximum absolute atomic E-state index is 12.9. The van der Waals surface area contributed by atoms with Gasteiger partial charge in [0.25, 0.3) is 5.91 Å². The van der Waals surface area contributed by atoms with E-state index in [1.54, 1.807) is 42.1 Å². The van der Waals surface area contributed by atoms with Gasteiger partial charge in [-0.15, -0.1) is 0 Å². The highest BCUT2D eigenvalue weighted by molar-refractivity contribution is 7.70. The fraction of sp³-hybridized carbons (Fsp3) is 0.345. The van der Waals surface area contributed by atoms with Crippen molar-refractivity contribution in [3.8, 4) is 5.88 Å². The number of amides is 1. The van der Waals surface area contributed by atoms with E-state index in [4.69, 9.17) is 9.72 Å². The van der Waals surface area contributed by atoms with Gasteiger partial charge in [-0.05, 0) is 69.0 Å². The van der Waals surface area contributed by atoms with Gasteiger partial charge in [0, 0.05) is 40.4 Å². The fourth-order valence-corrected chi connectivity index (χ4v) is 5.47. The van der Waals surface area contributed by atoms with Crippen LogP contribution in [0, 0.1) is 0 Å². The van der Waals surface area contributed by atoms with E-state index >= 15 is 0 Å². The summed E-state index contributed by atoms with van der Waals surface area (Å²) in [5, 5.41) is 15.1. The fourth-order valence-electron chi connectivity index (χ4n) is 4.60. The van der Waals surface area contributed by atoms with E-state index in [-0.39, 0.29) is 17.9 Å². The number of benzene rings is 2. The molecule has 4 aromatic rings. The molecule has 1 fully saturated rings. The second kappa shape index (κ2) is 11.2. The molecule has 3 heterocycles. The van der Waals surface area contributed by atoms with Crippen LogP contribution in [-0.2, 0) is 4.57 Å². The molecule has 1 amide bonds. The molecule has 0 unspecified atom stereocenters. The summed E-state index contributed by atoms with van der Waals surface area (Å²) in [6, 6.07) is 16.3. The predicted octanol–water partition coefficient (Wildman–Crippen LogP) is 5.23. The first-order valence-electron chi connectivity index (χ1n) is 13.3. The molecule has 9 nitrogen and oxygen atoms in total. The Labute approximate surface area is 228 Å². The summed E-state index contributed by atoms with van der Waals surface area (Å²) in [6.07, 6.45) is 3.98. The molecule has 10 heteroatoms. The van der Waals surface area contributed by atoms with Crippen molar-refractivity contribution in [2.75, 3.05) is 37.1 Å². The Hall–Kier alpha value is -3.68. The summed E-state index contributed by atoms with van der Waals surface area (Å²) in [6.45, 7) is 9.47. The molecular formula is C29H35N6O3P. The Balaban J connectivity index is 1.38. The summed E-state index contributed by atoms with van der Waals surface area (Å²) in [5.74, 6) is 1.28. The summed E-state index contributed by atoms with van der Waals surface area (Å²) in [7, 11) is -2.37. The van der Waals surface area contributed by atoms with Crippen LogP contribution in [0.25, 0.3) is 5.65 Å². The monoisotopic (exact) mass is 546 g/mol. The van der Waals surface area contributed by atoms with Gasteiger partial charge < -0.3 is 25.3 Å². The normalized spacial score (nSPS) is 15.9. The number of carbonyl (C=O) groups is 1. The Morgan fingerprint density at radius 1 is 1.13 bits per heavy atom. The number of fused-ring (bicyclic) bond motifs is 1. The molecule has 0 radical (unpaired) electrons. The zero-order valence-corrected chi connectivity index (χ0v) is 23.7. The number of nitrogens with zero attached hydrogens (tertiary/aromatic N) is 3. The number of anilines is 3. The van der Waals surface area contributed by atoms with Crippen molar-refractivity contribution in [2.45, 2.75) is 38.7 Å². The van der Waals surface area contributed by atoms with Gasteiger partial charge in [-0.2, -0.15) is 14.6 Å². The molecule has 3 N–H and O–H groups in total. The van der Waals surface area contributed by atoms with Gasteiger partial charge >= 0.3 is 0 Å². The first-order valence-corrected chi connectivity index (χ1v) is 15.9. The third-order valence-corrected chi connectivity index (χ3v) is 8.32. The van der Waals surface area contributed by atoms with Crippen molar-refractivity contribution >= 4 is 41.2 Å². The molecule has 2 aromatic carbocycles. The maximum atomic E-state index is 12.9. The first-order chi connectivity index (χ1) is 18.7. The van der Waals surface area contributed by atoms with Gasteiger partial charge in [-0.1, -0.05) is 32.0 Å². The SMILES string of the molecule is CC(C)c1cnn2c(Nc3cccc(NC(=O)c4ccc(P(C)(C)=O)cc4)c3)cc(O[C@H]3CCCNC3)nc12. The average molecular weight is 547 g/mol. The number of aromatic nitrogens is 3. The lowest BCUT2D eigenvalue weighted by Gasteiger charge is -2.23. The van der Waals surface area contributed by atoms with Crippen LogP contribution in [-0.4, -0.2) is 53.0 Å². The Kier molecular flexibility index (Phi) is 7.73. The number of rotatable bonds is 8. The van der Waals surface area contributed by atoms with Crippen molar-refractivity contribution in [1.82, 2.24) is 19.9 Å². The van der Waals surface area contributed by atoms with Crippen molar-refractivity contribution < 1.29 is 14.1 Å². The van der Waals surface area contributed by atoms with Crippen LogP contribution < -0.4 is 26.0 Å². The molecule has 0 spiro atoms. The predicted molar refractivity (Wildman–Crippen MR) is 157 cm³/mol. The summed E-state index contributed by atoms with van der Waals surface area (Å²) < 4.78 is 20.3. The van der Waals surface area contributed by atoms with E-state index in [0.717, 1.165) is 48.1 Å². The highest BCUT2D eigenvalue weighted by Gasteiger charge is 2.19. The van der Waals surface area contributed by atoms with Crippen LogP contribution in [0.4, 0.5) is 17.2 Å². The summed E-state index contributed by atoms with van der Waals surface area (Å²) in [5.41, 5.74) is 3.72. The minimum absolute atomic E-state index is 0.0705. The minimum atomic E-state index is -2.37. The molecule has 0 bridgehead atoms. The van der Waals surface area contributed by atoms with Crippen molar-refractivity contribution in [2.24, 2.45) is 0 Å². The van der Waals surface area contributed by atoms with E-state index in [1.165, 1.54) is 0 Å². The third kappa shape index (κ3) is 6.32. The molecule has 39 heavy (non-hydrogen) atoms. The minimum Gasteiger partial charge on any atom is -0.473 e. The number of ether oxygens (including phenoxy) is 1. The topological polar surface area (TPSA) is 110 Å². The number of nitrogens with one attached hydrogen (secondary N) is 3. The van der Waals surface area contributed by atoms with Crippen LogP contribution in [0.3, 0.4) is 0 Å². The number of piperidine rings is 1. The lowest BCUT2D eigenvalue weighted by molar-refractivity contribution is 0.102. The first kappa shape index (κ1) is 26.9. The molecule has 0 saturated carbocycles. The molecule has 2 aromatic heterocycles. The second-order valence-electron chi connectivity index (χ2n) is 10.6. The number of hydrogen-bond donors (Lipinski definition) is 3. The average Bonchev–Trinajstić information content (AvgIpc) is 3.34.